The van der Waals surface area contributed by atoms with Crippen LogP contribution in [0, 0.1) is 0 Å². The number of hydrogen-bond donors (Lipinski definition) is 0. The molecule has 2 aromatic heterocycles. The fraction of sp³-hybridized carbons (Fsp3) is 0.750. The van der Waals surface area contributed by atoms with Crippen LogP contribution in [0.1, 0.15) is 196 Å². The Morgan fingerprint density at radius 1 is 0.359 bits per heavy atom. The molecule has 0 bridgehead atoms. The van der Waals surface area contributed by atoms with Crippen molar-refractivity contribution >= 4 is 81.8 Å². The molecule has 0 saturated carbocycles. The zero-order chi connectivity index (χ0) is 46.9. The van der Waals surface area contributed by atoms with E-state index in [4.69, 9.17) is 8.85 Å². The maximum atomic E-state index is 8.16. The molecule has 8 heteroatoms. The number of unbranched alkanes of at least 4 members (excludes halogenated alkanes) is 18. The summed E-state index contributed by atoms with van der Waals surface area (Å²) < 4.78 is 19.6. The molecular weight excluding hydrogens is 1060 g/mol. The van der Waals surface area contributed by atoms with Gasteiger partial charge in [0.1, 0.15) is 0 Å². The van der Waals surface area contributed by atoms with E-state index in [1.54, 1.807) is 5.79 Å². The van der Waals surface area contributed by atoms with Crippen LogP contribution in [0.2, 0.25) is 65.9 Å². The van der Waals surface area contributed by atoms with Gasteiger partial charge in [-0.15, -0.1) is 0 Å². The Hall–Kier alpha value is 0.251. The van der Waals surface area contributed by atoms with E-state index in [9.17, 15) is 0 Å². The summed E-state index contributed by atoms with van der Waals surface area (Å²) in [5, 5.41) is 0. The SMILES string of the molecule is CCCCCC[Si](CCCCCC)(CCCCCC)Oc1cc(-c2cc[c]([Sn]([CH3])([CH3])[CH3])s2)c(O[Si](CCCCCC)(CCCCCC)CCCCCC)cc1-c1cc[c]([Sn]([CH3])([CH3])[CH3])s1. The van der Waals surface area contributed by atoms with Crippen LogP contribution in [0.15, 0.2) is 36.4 Å². The Kier molecular flexibility index (Phi) is 28.8. The number of benzene rings is 1. The van der Waals surface area contributed by atoms with Gasteiger partial charge in [0.2, 0.25) is 0 Å². The first-order valence-electron chi connectivity index (χ1n) is 27.5. The summed E-state index contributed by atoms with van der Waals surface area (Å²) in [4.78, 5) is 18.4. The van der Waals surface area contributed by atoms with E-state index < -0.39 is 53.4 Å². The number of hydrogen-bond acceptors (Lipinski definition) is 4. The normalized spacial score (nSPS) is 12.7. The minimum absolute atomic E-state index is 1.20. The van der Waals surface area contributed by atoms with E-state index in [0.29, 0.717) is 0 Å². The van der Waals surface area contributed by atoms with E-state index in [1.807, 2.05) is 0 Å². The van der Waals surface area contributed by atoms with Gasteiger partial charge >= 0.3 is 379 Å². The van der Waals surface area contributed by atoms with Crippen LogP contribution in [0.4, 0.5) is 0 Å². The minimum atomic E-state index is -2.34. The molecule has 0 spiro atoms. The first-order valence-corrected chi connectivity index (χ1v) is 54.1. The zero-order valence-corrected chi connectivity index (χ0v) is 53.7. The maximum absolute atomic E-state index is 8.16. The molecule has 0 aliphatic rings. The molecule has 3 aromatic rings. The summed E-state index contributed by atoms with van der Waals surface area (Å²) in [6.07, 6.45) is 31.8. The quantitative estimate of drug-likeness (QED) is 0.0421. The zero-order valence-electron chi connectivity index (χ0n) is 44.3. The molecular formula is C56H102O2S2Si2Sn2. The fourth-order valence-electron chi connectivity index (χ4n) is 9.65. The summed E-state index contributed by atoms with van der Waals surface area (Å²) in [5.41, 5.74) is 2.69. The molecule has 1 aromatic carbocycles. The summed E-state index contributed by atoms with van der Waals surface area (Å²) in [5.74, 6) is 2.40. The van der Waals surface area contributed by atoms with E-state index in [0.717, 1.165) is 0 Å². The molecule has 0 saturated heterocycles. The Bertz CT molecular complexity index is 1490. The molecule has 366 valence electrons. The summed E-state index contributed by atoms with van der Waals surface area (Å²) in [6.45, 7) is 14.2. The molecule has 0 aliphatic heterocycles. The summed E-state index contributed by atoms with van der Waals surface area (Å²) in [7, 11) is -4.34. The second-order valence-corrected chi connectivity index (χ2v) is 63.2. The third-order valence-electron chi connectivity index (χ3n) is 13.9. The molecule has 0 N–H and O–H groups in total. The van der Waals surface area contributed by atoms with Crippen LogP contribution < -0.4 is 14.6 Å². The third-order valence-corrected chi connectivity index (χ3v) is 44.0. The molecule has 0 amide bonds. The van der Waals surface area contributed by atoms with Crippen LogP contribution in [-0.4, -0.2) is 53.4 Å². The summed E-state index contributed by atoms with van der Waals surface area (Å²) >= 11 is -0.487. The average Bonchev–Trinajstić information content (AvgIpc) is 3.97. The van der Waals surface area contributed by atoms with Crippen LogP contribution in [0.3, 0.4) is 0 Å². The van der Waals surface area contributed by atoms with E-state index in [1.165, 1.54) is 223 Å². The Morgan fingerprint density at radius 2 is 0.609 bits per heavy atom. The number of rotatable bonds is 38. The molecule has 0 atom stereocenters. The van der Waals surface area contributed by atoms with Gasteiger partial charge in [-0.2, -0.15) is 0 Å². The van der Waals surface area contributed by atoms with Crippen molar-refractivity contribution < 1.29 is 8.85 Å². The molecule has 3 rings (SSSR count). The van der Waals surface area contributed by atoms with E-state index >= 15 is 0 Å². The summed E-state index contributed by atoms with van der Waals surface area (Å²) in [6, 6.07) is 23.0. The van der Waals surface area contributed by atoms with Crippen molar-refractivity contribution in [1.29, 1.82) is 0 Å². The van der Waals surface area contributed by atoms with Gasteiger partial charge in [-0.3, -0.25) is 0 Å². The Balaban J connectivity index is 2.42. The van der Waals surface area contributed by atoms with Crippen molar-refractivity contribution in [3.05, 3.63) is 36.4 Å². The van der Waals surface area contributed by atoms with Crippen LogP contribution in [-0.2, 0) is 0 Å². The third kappa shape index (κ3) is 20.7. The Morgan fingerprint density at radius 3 is 0.812 bits per heavy atom. The first kappa shape index (κ1) is 58.6. The molecule has 0 fully saturated rings. The van der Waals surface area contributed by atoms with Crippen molar-refractivity contribution in [2.24, 2.45) is 0 Å². The molecule has 0 aliphatic carbocycles. The topological polar surface area (TPSA) is 18.5 Å². The average molecular weight is 1170 g/mol. The molecule has 2 heterocycles. The molecule has 64 heavy (non-hydrogen) atoms. The van der Waals surface area contributed by atoms with Gasteiger partial charge in [0.15, 0.2) is 0 Å². The van der Waals surface area contributed by atoms with Crippen molar-refractivity contribution in [3.8, 4) is 32.4 Å². The van der Waals surface area contributed by atoms with Gasteiger partial charge in [0.25, 0.3) is 0 Å². The van der Waals surface area contributed by atoms with Gasteiger partial charge in [0, 0.05) is 0 Å². The van der Waals surface area contributed by atoms with Crippen molar-refractivity contribution in [3.63, 3.8) is 0 Å². The van der Waals surface area contributed by atoms with Crippen molar-refractivity contribution in [2.75, 3.05) is 0 Å². The van der Waals surface area contributed by atoms with Gasteiger partial charge in [-0.1, -0.05) is 41.5 Å². The van der Waals surface area contributed by atoms with Crippen LogP contribution in [0.25, 0.3) is 20.9 Å². The standard InChI is InChI=1S/C50H84O2S2Si2.6CH3.2Sn/c1-7-13-19-25-37-55(38-26-20-14-8-2,39-27-21-15-9-3)51-47-43-46(50-34-32-36-54-50)48(44-45(47)49-33-31-35-53-49)52-56(40-28-22-16-10-4,41-29-23-17-11-5)42-30-24-18-12-6;;;;;;;;/h31-34,43-44H,7-30,37-42H2,1-6H3;6*1H3;;. The van der Waals surface area contributed by atoms with Gasteiger partial charge in [-0.25, -0.2) is 0 Å². The first-order chi connectivity index (χ1) is 30.7. The van der Waals surface area contributed by atoms with Gasteiger partial charge < -0.3 is 0 Å². The monoisotopic (exact) mass is 1170 g/mol. The van der Waals surface area contributed by atoms with Gasteiger partial charge in [-0.05, 0) is 0 Å². The fourth-order valence-corrected chi connectivity index (χ4v) is 31.0. The van der Waals surface area contributed by atoms with Gasteiger partial charge in [0.05, 0.1) is 0 Å². The van der Waals surface area contributed by atoms with Crippen LogP contribution >= 0.6 is 22.7 Å². The second-order valence-electron chi connectivity index (χ2n) is 22.1. The molecule has 0 radical (unpaired) electrons. The van der Waals surface area contributed by atoms with Crippen molar-refractivity contribution in [1.82, 2.24) is 0 Å². The van der Waals surface area contributed by atoms with Crippen LogP contribution in [0.5, 0.6) is 11.5 Å². The predicted molar refractivity (Wildman–Crippen MR) is 305 cm³/mol. The van der Waals surface area contributed by atoms with E-state index in [2.05, 4.69) is 130 Å². The predicted octanol–water partition coefficient (Wildman–Crippen LogP) is 20.4. The second kappa shape index (κ2) is 31.5. The molecule has 2 nitrogen and oxygen atoms in total. The Labute approximate surface area is 417 Å². The van der Waals surface area contributed by atoms with E-state index in [-0.39, 0.29) is 0 Å². The molecule has 0 unspecified atom stereocenters. The van der Waals surface area contributed by atoms with Crippen molar-refractivity contribution in [2.45, 2.75) is 262 Å². The number of thiophene rings is 2.